The number of rotatable bonds is 4. The summed E-state index contributed by atoms with van der Waals surface area (Å²) in [5.41, 5.74) is 1.66. The van der Waals surface area contributed by atoms with Gasteiger partial charge in [-0.15, -0.1) is 11.3 Å². The summed E-state index contributed by atoms with van der Waals surface area (Å²) in [6.45, 7) is 0.710. The predicted octanol–water partition coefficient (Wildman–Crippen LogP) is 2.91. The van der Waals surface area contributed by atoms with E-state index in [-0.39, 0.29) is 18.5 Å². The van der Waals surface area contributed by atoms with Crippen molar-refractivity contribution >= 4 is 11.3 Å². The van der Waals surface area contributed by atoms with Crippen LogP contribution in [0.15, 0.2) is 24.3 Å². The molecule has 1 aromatic heterocycles. The van der Waals surface area contributed by atoms with Gasteiger partial charge in [-0.2, -0.15) is 0 Å². The molecule has 1 aromatic carbocycles. The monoisotopic (exact) mass is 292 g/mol. The number of aryl methyl sites for hydroxylation is 1. The summed E-state index contributed by atoms with van der Waals surface area (Å²) in [7, 11) is 0. The van der Waals surface area contributed by atoms with Gasteiger partial charge >= 0.3 is 0 Å². The second kappa shape index (κ2) is 5.99. The Morgan fingerprint density at radius 3 is 3.05 bits per heavy atom. The number of thiazole rings is 1. The first-order valence-corrected chi connectivity index (χ1v) is 7.70. The Bertz CT molecular complexity index is 599. The van der Waals surface area contributed by atoms with E-state index in [9.17, 15) is 4.39 Å². The molecule has 0 fully saturated rings. The number of hydrogen-bond acceptors (Lipinski definition) is 4. The normalized spacial score (nSPS) is 18.0. The van der Waals surface area contributed by atoms with E-state index in [2.05, 4.69) is 10.3 Å². The molecule has 0 radical (unpaired) electrons. The maximum atomic E-state index is 13.9. The zero-order chi connectivity index (χ0) is 13.9. The first-order chi connectivity index (χ1) is 9.79. The van der Waals surface area contributed by atoms with Crippen molar-refractivity contribution in [3.8, 4) is 10.6 Å². The molecule has 3 rings (SSSR count). The van der Waals surface area contributed by atoms with Gasteiger partial charge in [-0.3, -0.25) is 0 Å². The van der Waals surface area contributed by atoms with Gasteiger partial charge in [0.1, 0.15) is 10.8 Å². The lowest BCUT2D eigenvalue weighted by molar-refractivity contribution is 0.281. The number of nitrogens with one attached hydrogen (secondary N) is 1. The van der Waals surface area contributed by atoms with Gasteiger partial charge in [-0.05, 0) is 31.4 Å². The van der Waals surface area contributed by atoms with Crippen molar-refractivity contribution in [3.05, 3.63) is 40.7 Å². The van der Waals surface area contributed by atoms with Crippen LogP contribution in [-0.4, -0.2) is 23.2 Å². The standard InChI is InChI=1S/C15H17FN2OS/c16-11-5-2-1-4-10(11)15-18-13-7-3-6-12(14(13)20-15)17-8-9-19/h1-2,4-5,12,17,19H,3,6-9H2. The van der Waals surface area contributed by atoms with Crippen molar-refractivity contribution in [2.45, 2.75) is 25.3 Å². The van der Waals surface area contributed by atoms with Crippen LogP contribution in [0.2, 0.25) is 0 Å². The van der Waals surface area contributed by atoms with Crippen LogP contribution in [0.5, 0.6) is 0 Å². The fourth-order valence-electron chi connectivity index (χ4n) is 2.60. The van der Waals surface area contributed by atoms with Gasteiger partial charge in [0.2, 0.25) is 0 Å². The Hall–Kier alpha value is -1.30. The molecule has 5 heteroatoms. The molecule has 0 saturated heterocycles. The van der Waals surface area contributed by atoms with Crippen LogP contribution >= 0.6 is 11.3 Å². The lowest BCUT2D eigenvalue weighted by Gasteiger charge is -2.21. The zero-order valence-corrected chi connectivity index (χ0v) is 11.9. The van der Waals surface area contributed by atoms with E-state index in [1.165, 1.54) is 10.9 Å². The van der Waals surface area contributed by atoms with Crippen molar-refractivity contribution < 1.29 is 9.50 Å². The summed E-state index contributed by atoms with van der Waals surface area (Å²) in [6.07, 6.45) is 3.08. The Balaban J connectivity index is 1.93. The second-order valence-electron chi connectivity index (χ2n) is 4.93. The van der Waals surface area contributed by atoms with Crippen molar-refractivity contribution in [1.82, 2.24) is 10.3 Å². The van der Waals surface area contributed by atoms with E-state index in [1.807, 2.05) is 6.07 Å². The van der Waals surface area contributed by atoms with Gasteiger partial charge < -0.3 is 10.4 Å². The lowest BCUT2D eigenvalue weighted by atomic mass is 9.98. The Kier molecular flexibility index (Phi) is 4.10. The average molecular weight is 292 g/mol. The average Bonchev–Trinajstić information content (AvgIpc) is 2.89. The van der Waals surface area contributed by atoms with Gasteiger partial charge in [-0.25, -0.2) is 9.37 Å². The Morgan fingerprint density at radius 1 is 1.40 bits per heavy atom. The summed E-state index contributed by atoms with van der Waals surface area (Å²) in [5, 5.41) is 13.0. The topological polar surface area (TPSA) is 45.1 Å². The third-order valence-corrected chi connectivity index (χ3v) is 4.80. The SMILES string of the molecule is OCCNC1CCCc2nc(-c3ccccc3F)sc21. The number of aromatic nitrogens is 1. The van der Waals surface area contributed by atoms with E-state index in [0.29, 0.717) is 12.1 Å². The van der Waals surface area contributed by atoms with Gasteiger partial charge in [0.25, 0.3) is 0 Å². The van der Waals surface area contributed by atoms with Gasteiger partial charge in [0, 0.05) is 23.0 Å². The molecule has 0 saturated carbocycles. The highest BCUT2D eigenvalue weighted by Crippen LogP contribution is 2.38. The Labute approximate surface area is 121 Å². The molecule has 1 heterocycles. The van der Waals surface area contributed by atoms with E-state index in [0.717, 1.165) is 30.0 Å². The van der Waals surface area contributed by atoms with Crippen LogP contribution in [0.1, 0.15) is 29.5 Å². The van der Waals surface area contributed by atoms with Crippen LogP contribution < -0.4 is 5.32 Å². The minimum atomic E-state index is -0.224. The van der Waals surface area contributed by atoms with Crippen molar-refractivity contribution in [2.75, 3.05) is 13.2 Å². The quantitative estimate of drug-likeness (QED) is 0.911. The summed E-state index contributed by atoms with van der Waals surface area (Å²) in [6, 6.07) is 7.01. The third kappa shape index (κ3) is 2.61. The van der Waals surface area contributed by atoms with Gasteiger partial charge in [0.15, 0.2) is 0 Å². The molecule has 3 nitrogen and oxygen atoms in total. The molecule has 2 aromatic rings. The first-order valence-electron chi connectivity index (χ1n) is 6.88. The summed E-state index contributed by atoms with van der Waals surface area (Å²) < 4.78 is 13.9. The number of halogens is 1. The van der Waals surface area contributed by atoms with Crippen LogP contribution in [0.4, 0.5) is 4.39 Å². The zero-order valence-electron chi connectivity index (χ0n) is 11.1. The first kappa shape index (κ1) is 13.7. The number of benzene rings is 1. The molecular weight excluding hydrogens is 275 g/mol. The second-order valence-corrected chi connectivity index (χ2v) is 5.96. The number of aliphatic hydroxyl groups is 1. The highest BCUT2D eigenvalue weighted by molar-refractivity contribution is 7.15. The lowest BCUT2D eigenvalue weighted by Crippen LogP contribution is -2.26. The molecule has 20 heavy (non-hydrogen) atoms. The smallest absolute Gasteiger partial charge is 0.133 e. The van der Waals surface area contributed by atoms with E-state index in [1.54, 1.807) is 23.5 Å². The van der Waals surface area contributed by atoms with Crippen LogP contribution in [-0.2, 0) is 6.42 Å². The maximum absolute atomic E-state index is 13.9. The fraction of sp³-hybridized carbons (Fsp3) is 0.400. The third-order valence-electron chi connectivity index (χ3n) is 3.56. The van der Waals surface area contributed by atoms with Crippen LogP contribution in [0.3, 0.4) is 0 Å². The number of aliphatic hydroxyl groups excluding tert-OH is 1. The number of hydrogen-bond donors (Lipinski definition) is 2. The summed E-state index contributed by atoms with van der Waals surface area (Å²) in [5.74, 6) is -0.224. The highest BCUT2D eigenvalue weighted by Gasteiger charge is 2.25. The molecule has 1 aliphatic rings. The molecule has 0 bridgehead atoms. The molecule has 0 aliphatic heterocycles. The molecule has 1 atom stereocenters. The predicted molar refractivity (Wildman–Crippen MR) is 78.3 cm³/mol. The highest BCUT2D eigenvalue weighted by atomic mass is 32.1. The summed E-state index contributed by atoms with van der Waals surface area (Å²) in [4.78, 5) is 5.81. The Morgan fingerprint density at radius 2 is 2.25 bits per heavy atom. The molecular formula is C15H17FN2OS. The summed E-state index contributed by atoms with van der Waals surface area (Å²) >= 11 is 1.57. The molecule has 106 valence electrons. The molecule has 0 amide bonds. The minimum Gasteiger partial charge on any atom is -0.395 e. The largest absolute Gasteiger partial charge is 0.395 e. The van der Waals surface area contributed by atoms with E-state index >= 15 is 0 Å². The van der Waals surface area contributed by atoms with Crippen LogP contribution in [0.25, 0.3) is 10.6 Å². The van der Waals surface area contributed by atoms with Crippen molar-refractivity contribution in [3.63, 3.8) is 0 Å². The van der Waals surface area contributed by atoms with E-state index in [4.69, 9.17) is 5.11 Å². The van der Waals surface area contributed by atoms with Gasteiger partial charge in [0.05, 0.1) is 12.3 Å². The fourth-order valence-corrected chi connectivity index (χ4v) is 3.85. The molecule has 0 spiro atoms. The van der Waals surface area contributed by atoms with Gasteiger partial charge in [-0.1, -0.05) is 12.1 Å². The molecule has 1 aliphatic carbocycles. The van der Waals surface area contributed by atoms with Crippen molar-refractivity contribution in [2.24, 2.45) is 0 Å². The number of nitrogens with zero attached hydrogens (tertiary/aromatic N) is 1. The van der Waals surface area contributed by atoms with E-state index < -0.39 is 0 Å². The maximum Gasteiger partial charge on any atom is 0.133 e. The number of fused-ring (bicyclic) bond motifs is 1. The van der Waals surface area contributed by atoms with Crippen molar-refractivity contribution in [1.29, 1.82) is 0 Å². The molecule has 2 N–H and O–H groups in total. The molecule has 1 unspecified atom stereocenters. The van der Waals surface area contributed by atoms with Crippen LogP contribution in [0, 0.1) is 5.82 Å². The minimum absolute atomic E-state index is 0.130.